The van der Waals surface area contributed by atoms with Crippen LogP contribution in [-0.2, 0) is 38.6 Å². The number of fused-ring (bicyclic) bond motifs is 1. The highest BCUT2D eigenvalue weighted by Crippen LogP contribution is 2.21. The Bertz CT molecular complexity index is 1270. The molecule has 0 unspecified atom stereocenters. The van der Waals surface area contributed by atoms with Crippen LogP contribution in [0.1, 0.15) is 16.7 Å². The molecule has 0 spiro atoms. The number of aromatic amines is 1. The Morgan fingerprint density at radius 1 is 0.939 bits per heavy atom. The third-order valence-electron chi connectivity index (χ3n) is 5.01. The molecule has 1 heterocycles. The SMILES string of the molecule is CN(C)CCc1c[nH]c2ccc(CCNS(=O)(=O)Cc3ccc(NS(C)(=O)=O)cc3)cc12.Cl. The van der Waals surface area contributed by atoms with E-state index in [-0.39, 0.29) is 18.2 Å². The van der Waals surface area contributed by atoms with E-state index in [9.17, 15) is 16.8 Å². The van der Waals surface area contributed by atoms with Gasteiger partial charge in [-0.15, -0.1) is 12.4 Å². The number of aromatic nitrogens is 1. The van der Waals surface area contributed by atoms with Crippen LogP contribution in [0.4, 0.5) is 5.69 Å². The van der Waals surface area contributed by atoms with E-state index in [1.54, 1.807) is 24.3 Å². The van der Waals surface area contributed by atoms with Crippen molar-refractivity contribution in [1.82, 2.24) is 14.6 Å². The Labute approximate surface area is 202 Å². The van der Waals surface area contributed by atoms with Crippen LogP contribution < -0.4 is 9.44 Å². The van der Waals surface area contributed by atoms with Gasteiger partial charge >= 0.3 is 0 Å². The third kappa shape index (κ3) is 8.63. The number of nitrogens with zero attached hydrogens (tertiary/aromatic N) is 1. The van der Waals surface area contributed by atoms with Gasteiger partial charge in [-0.3, -0.25) is 4.72 Å². The van der Waals surface area contributed by atoms with E-state index in [0.29, 0.717) is 24.2 Å². The molecule has 0 aliphatic rings. The lowest BCUT2D eigenvalue weighted by molar-refractivity contribution is 0.414. The highest BCUT2D eigenvalue weighted by atomic mass is 35.5. The van der Waals surface area contributed by atoms with Crippen molar-refractivity contribution in [2.75, 3.05) is 38.2 Å². The number of sulfonamides is 2. The van der Waals surface area contributed by atoms with Crippen molar-refractivity contribution in [1.29, 1.82) is 0 Å². The van der Waals surface area contributed by atoms with Crippen molar-refractivity contribution in [2.24, 2.45) is 0 Å². The second-order valence-electron chi connectivity index (χ2n) is 8.22. The van der Waals surface area contributed by atoms with Crippen LogP contribution >= 0.6 is 12.4 Å². The highest BCUT2D eigenvalue weighted by molar-refractivity contribution is 7.92. The van der Waals surface area contributed by atoms with Crippen LogP contribution in [0.25, 0.3) is 10.9 Å². The van der Waals surface area contributed by atoms with E-state index in [4.69, 9.17) is 0 Å². The molecule has 0 saturated carbocycles. The molecule has 11 heteroatoms. The van der Waals surface area contributed by atoms with E-state index in [2.05, 4.69) is 25.4 Å². The summed E-state index contributed by atoms with van der Waals surface area (Å²) in [6, 6.07) is 12.5. The maximum atomic E-state index is 12.4. The van der Waals surface area contributed by atoms with Gasteiger partial charge in [0.15, 0.2) is 0 Å². The number of nitrogens with one attached hydrogen (secondary N) is 3. The second-order valence-corrected chi connectivity index (χ2v) is 11.8. The molecule has 0 radical (unpaired) electrons. The molecular formula is C22H31ClN4O4S2. The maximum Gasteiger partial charge on any atom is 0.229 e. The number of halogens is 1. The van der Waals surface area contributed by atoms with Gasteiger partial charge in [-0.25, -0.2) is 21.6 Å². The molecular weight excluding hydrogens is 484 g/mol. The van der Waals surface area contributed by atoms with Gasteiger partial charge in [-0.05, 0) is 67.9 Å². The minimum Gasteiger partial charge on any atom is -0.361 e. The van der Waals surface area contributed by atoms with Gasteiger partial charge in [0.25, 0.3) is 0 Å². The molecule has 33 heavy (non-hydrogen) atoms. The number of likely N-dealkylation sites (N-methyl/N-ethyl adjacent to an activating group) is 1. The summed E-state index contributed by atoms with van der Waals surface area (Å²) in [5, 5.41) is 1.18. The number of hydrogen-bond donors (Lipinski definition) is 3. The molecule has 1 aromatic heterocycles. The first kappa shape index (κ1) is 27.1. The summed E-state index contributed by atoms with van der Waals surface area (Å²) in [5.41, 5.74) is 4.38. The van der Waals surface area contributed by atoms with Gasteiger partial charge in [-0.2, -0.15) is 0 Å². The highest BCUT2D eigenvalue weighted by Gasteiger charge is 2.12. The van der Waals surface area contributed by atoms with Crippen LogP contribution in [0.5, 0.6) is 0 Å². The first-order valence-electron chi connectivity index (χ1n) is 10.3. The van der Waals surface area contributed by atoms with Crippen LogP contribution in [0.15, 0.2) is 48.7 Å². The summed E-state index contributed by atoms with van der Waals surface area (Å²) in [4.78, 5) is 5.44. The number of anilines is 1. The molecule has 0 amide bonds. The maximum absolute atomic E-state index is 12.4. The fourth-order valence-corrected chi connectivity index (χ4v) is 5.15. The molecule has 0 aliphatic carbocycles. The molecule has 0 saturated heterocycles. The lowest BCUT2D eigenvalue weighted by atomic mass is 10.1. The minimum atomic E-state index is -3.51. The lowest BCUT2D eigenvalue weighted by Crippen LogP contribution is -2.27. The summed E-state index contributed by atoms with van der Waals surface area (Å²) < 4.78 is 52.4. The average Bonchev–Trinajstić information content (AvgIpc) is 3.09. The van der Waals surface area contributed by atoms with E-state index in [0.717, 1.165) is 30.3 Å². The Hall–Kier alpha value is -2.11. The molecule has 0 bridgehead atoms. The number of hydrogen-bond acceptors (Lipinski definition) is 5. The largest absolute Gasteiger partial charge is 0.361 e. The molecule has 182 valence electrons. The molecule has 2 aromatic carbocycles. The van der Waals surface area contributed by atoms with E-state index >= 15 is 0 Å². The molecule has 0 fully saturated rings. The predicted molar refractivity (Wildman–Crippen MR) is 137 cm³/mol. The number of H-pyrrole nitrogens is 1. The molecule has 3 aromatic rings. The van der Waals surface area contributed by atoms with Gasteiger partial charge in [0.2, 0.25) is 20.0 Å². The van der Waals surface area contributed by atoms with Crippen molar-refractivity contribution in [3.8, 4) is 0 Å². The summed E-state index contributed by atoms with van der Waals surface area (Å²) in [6.45, 7) is 1.27. The fraction of sp³-hybridized carbons (Fsp3) is 0.364. The van der Waals surface area contributed by atoms with Gasteiger partial charge in [0.1, 0.15) is 0 Å². The topological polar surface area (TPSA) is 111 Å². The summed E-state index contributed by atoms with van der Waals surface area (Å²) >= 11 is 0. The van der Waals surface area contributed by atoms with Crippen molar-refractivity contribution in [3.05, 3.63) is 65.4 Å². The second kappa shape index (κ2) is 11.3. The molecule has 0 aliphatic heterocycles. The van der Waals surface area contributed by atoms with Gasteiger partial charge < -0.3 is 9.88 Å². The van der Waals surface area contributed by atoms with Gasteiger partial charge in [-0.1, -0.05) is 18.2 Å². The van der Waals surface area contributed by atoms with Gasteiger partial charge in [0.05, 0.1) is 12.0 Å². The Morgan fingerprint density at radius 2 is 1.61 bits per heavy atom. The van der Waals surface area contributed by atoms with Crippen LogP contribution in [-0.4, -0.2) is 60.2 Å². The van der Waals surface area contributed by atoms with Crippen molar-refractivity contribution in [2.45, 2.75) is 18.6 Å². The fourth-order valence-electron chi connectivity index (χ4n) is 3.44. The minimum absolute atomic E-state index is 0. The Balaban J connectivity index is 0.00000385. The van der Waals surface area contributed by atoms with Crippen molar-refractivity contribution in [3.63, 3.8) is 0 Å². The van der Waals surface area contributed by atoms with Crippen molar-refractivity contribution >= 4 is 49.0 Å². The molecule has 3 rings (SSSR count). The molecule has 0 atom stereocenters. The molecule has 8 nitrogen and oxygen atoms in total. The van der Waals surface area contributed by atoms with E-state index in [1.807, 2.05) is 32.4 Å². The smallest absolute Gasteiger partial charge is 0.229 e. The average molecular weight is 515 g/mol. The predicted octanol–water partition coefficient (Wildman–Crippen LogP) is 2.73. The van der Waals surface area contributed by atoms with Gasteiger partial charge in [0, 0.05) is 35.9 Å². The zero-order chi connectivity index (χ0) is 23.4. The molecule has 3 N–H and O–H groups in total. The normalized spacial score (nSPS) is 12.1. The summed E-state index contributed by atoms with van der Waals surface area (Å²) in [7, 11) is -2.78. The number of rotatable bonds is 11. The lowest BCUT2D eigenvalue weighted by Gasteiger charge is -2.09. The zero-order valence-electron chi connectivity index (χ0n) is 19.0. The summed E-state index contributed by atoms with van der Waals surface area (Å²) in [5.74, 6) is -0.169. The first-order valence-corrected chi connectivity index (χ1v) is 13.8. The van der Waals surface area contributed by atoms with Crippen LogP contribution in [0, 0.1) is 0 Å². The number of benzene rings is 2. The first-order chi connectivity index (χ1) is 15.0. The third-order valence-corrected chi connectivity index (χ3v) is 6.97. The van der Waals surface area contributed by atoms with E-state index < -0.39 is 20.0 Å². The van der Waals surface area contributed by atoms with E-state index in [1.165, 1.54) is 10.9 Å². The van der Waals surface area contributed by atoms with Crippen molar-refractivity contribution < 1.29 is 16.8 Å². The Kier molecular flexibility index (Phi) is 9.33. The monoisotopic (exact) mass is 514 g/mol. The van der Waals surface area contributed by atoms with Crippen LogP contribution in [0.3, 0.4) is 0 Å². The standard InChI is InChI=1S/C22H30N4O4S2.ClH/c1-26(2)13-11-19-15-23-22-9-6-17(14-21(19)22)10-12-24-32(29,30)16-18-4-7-20(8-5-18)25-31(3,27)28;/h4-9,14-15,23-25H,10-13,16H2,1-3H3;1H. The Morgan fingerprint density at radius 3 is 2.24 bits per heavy atom. The quantitative estimate of drug-likeness (QED) is 0.364. The van der Waals surface area contributed by atoms with Crippen LogP contribution in [0.2, 0.25) is 0 Å². The summed E-state index contributed by atoms with van der Waals surface area (Å²) in [6.07, 6.45) is 4.64. The zero-order valence-corrected chi connectivity index (χ0v) is 21.4.